The van der Waals surface area contributed by atoms with Gasteiger partial charge < -0.3 is 5.11 Å². The van der Waals surface area contributed by atoms with Crippen molar-refractivity contribution in [2.45, 2.75) is 52.4 Å². The van der Waals surface area contributed by atoms with Gasteiger partial charge in [0.1, 0.15) is 0 Å². The van der Waals surface area contributed by atoms with Crippen LogP contribution in [0.15, 0.2) is 17.9 Å². The molecule has 2 heteroatoms. The maximum Gasteiger partial charge on any atom is 0.303 e. The van der Waals surface area contributed by atoms with Gasteiger partial charge in [-0.2, -0.15) is 0 Å². The Balaban J connectivity index is 3.82. The van der Waals surface area contributed by atoms with Gasteiger partial charge in [0.2, 0.25) is 0 Å². The molecule has 0 saturated carbocycles. The van der Waals surface area contributed by atoms with E-state index in [1.807, 2.05) is 6.08 Å². The molecule has 2 nitrogen and oxygen atoms in total. The third-order valence-electron chi connectivity index (χ3n) is 2.41. The van der Waals surface area contributed by atoms with Gasteiger partial charge in [-0.15, -0.1) is 5.73 Å². The van der Waals surface area contributed by atoms with E-state index in [1.165, 1.54) is 19.3 Å². The van der Waals surface area contributed by atoms with Crippen molar-refractivity contribution in [3.05, 3.63) is 17.9 Å². The first-order chi connectivity index (χ1) is 7.20. The Bertz CT molecular complexity index is 225. The summed E-state index contributed by atoms with van der Waals surface area (Å²) < 4.78 is 0. The lowest BCUT2D eigenvalue weighted by Gasteiger charge is -2.06. The van der Waals surface area contributed by atoms with Crippen LogP contribution in [0.25, 0.3) is 0 Å². The smallest absolute Gasteiger partial charge is 0.303 e. The Morgan fingerprint density at radius 2 is 2.20 bits per heavy atom. The van der Waals surface area contributed by atoms with E-state index in [-0.39, 0.29) is 6.42 Å². The summed E-state index contributed by atoms with van der Waals surface area (Å²) in [6.07, 6.45) is 9.52. The fourth-order valence-corrected chi connectivity index (χ4v) is 1.35. The number of aliphatic carboxylic acids is 1. The summed E-state index contributed by atoms with van der Waals surface area (Å²) in [7, 11) is 0. The lowest BCUT2D eigenvalue weighted by Crippen LogP contribution is -1.93. The second-order valence-corrected chi connectivity index (χ2v) is 3.78. The van der Waals surface area contributed by atoms with E-state index in [2.05, 4.69) is 25.7 Å². The molecule has 0 aromatic heterocycles. The quantitative estimate of drug-likeness (QED) is 0.619. The average Bonchev–Trinajstić information content (AvgIpc) is 2.21. The average molecular weight is 210 g/mol. The Morgan fingerprint density at radius 3 is 2.73 bits per heavy atom. The number of unbranched alkanes of at least 4 members (excludes halogenated alkanes) is 1. The molecular formula is C13H22O2. The molecule has 0 aliphatic rings. The van der Waals surface area contributed by atoms with Crippen LogP contribution in [0.1, 0.15) is 52.4 Å². The highest BCUT2D eigenvalue weighted by Crippen LogP contribution is 2.13. The van der Waals surface area contributed by atoms with Crippen LogP contribution < -0.4 is 0 Å². The first-order valence-corrected chi connectivity index (χ1v) is 5.83. The van der Waals surface area contributed by atoms with Gasteiger partial charge in [0.05, 0.1) is 0 Å². The molecule has 0 radical (unpaired) electrons. The van der Waals surface area contributed by atoms with E-state index < -0.39 is 5.97 Å². The molecule has 0 amide bonds. The van der Waals surface area contributed by atoms with Crippen molar-refractivity contribution in [2.75, 3.05) is 0 Å². The summed E-state index contributed by atoms with van der Waals surface area (Å²) in [5.74, 6) is -0.142. The minimum absolute atomic E-state index is 0.201. The highest BCUT2D eigenvalue weighted by Gasteiger charge is 1.99. The van der Waals surface area contributed by atoms with Crippen molar-refractivity contribution in [1.29, 1.82) is 0 Å². The van der Waals surface area contributed by atoms with Crippen molar-refractivity contribution in [2.24, 2.45) is 5.92 Å². The van der Waals surface area contributed by atoms with Crippen LogP contribution in [0.2, 0.25) is 0 Å². The van der Waals surface area contributed by atoms with Gasteiger partial charge in [-0.25, -0.2) is 0 Å². The number of allylic oxidation sites excluding steroid dienone is 1. The van der Waals surface area contributed by atoms with Crippen LogP contribution in [0.4, 0.5) is 0 Å². The second-order valence-electron chi connectivity index (χ2n) is 3.78. The van der Waals surface area contributed by atoms with Gasteiger partial charge in [-0.3, -0.25) is 4.79 Å². The number of hydrogen-bond acceptors (Lipinski definition) is 1. The van der Waals surface area contributed by atoms with Gasteiger partial charge in [-0.1, -0.05) is 26.7 Å². The third kappa shape index (κ3) is 9.30. The fourth-order valence-electron chi connectivity index (χ4n) is 1.35. The first-order valence-electron chi connectivity index (χ1n) is 5.83. The van der Waals surface area contributed by atoms with E-state index in [1.54, 1.807) is 0 Å². The van der Waals surface area contributed by atoms with Crippen LogP contribution in [0.3, 0.4) is 0 Å². The molecule has 1 unspecified atom stereocenters. The molecule has 0 heterocycles. The number of hydrogen-bond donors (Lipinski definition) is 1. The second kappa shape index (κ2) is 9.54. The molecule has 0 saturated heterocycles. The minimum atomic E-state index is -0.744. The lowest BCUT2D eigenvalue weighted by atomic mass is 9.99. The molecular weight excluding hydrogens is 188 g/mol. The maximum absolute atomic E-state index is 10.2. The fraction of sp³-hybridized carbons (Fsp3) is 0.692. The SMILES string of the molecule is CCCCC(C=C=CCCC(=O)O)CC. The summed E-state index contributed by atoms with van der Waals surface area (Å²) in [4.78, 5) is 10.2. The predicted molar refractivity (Wildman–Crippen MR) is 62.8 cm³/mol. The first kappa shape index (κ1) is 14.0. The largest absolute Gasteiger partial charge is 0.481 e. The van der Waals surface area contributed by atoms with Gasteiger partial charge >= 0.3 is 5.97 Å². The van der Waals surface area contributed by atoms with Crippen LogP contribution in [0.5, 0.6) is 0 Å². The van der Waals surface area contributed by atoms with Crippen LogP contribution in [-0.4, -0.2) is 11.1 Å². The normalized spacial score (nSPS) is 11.6. The molecule has 0 fully saturated rings. The number of carboxylic acids is 1. The molecule has 86 valence electrons. The van der Waals surface area contributed by atoms with Gasteiger partial charge in [0.25, 0.3) is 0 Å². The van der Waals surface area contributed by atoms with Crippen molar-refractivity contribution in [3.8, 4) is 0 Å². The van der Waals surface area contributed by atoms with Gasteiger partial charge in [0.15, 0.2) is 0 Å². The molecule has 0 aromatic rings. The van der Waals surface area contributed by atoms with E-state index >= 15 is 0 Å². The van der Waals surface area contributed by atoms with Gasteiger partial charge in [0, 0.05) is 6.42 Å². The number of carboxylic acid groups (broad SMARTS) is 1. The zero-order valence-electron chi connectivity index (χ0n) is 9.83. The Labute approximate surface area is 92.7 Å². The molecule has 1 atom stereocenters. The summed E-state index contributed by atoms with van der Waals surface area (Å²) in [6.45, 7) is 4.37. The van der Waals surface area contributed by atoms with Crippen LogP contribution >= 0.6 is 0 Å². The Hall–Kier alpha value is -1.01. The molecule has 0 bridgehead atoms. The zero-order chi connectivity index (χ0) is 11.5. The monoisotopic (exact) mass is 210 g/mol. The van der Waals surface area contributed by atoms with E-state index in [0.717, 1.165) is 6.42 Å². The molecule has 0 aromatic carbocycles. The molecule has 0 aliphatic heterocycles. The highest BCUT2D eigenvalue weighted by molar-refractivity contribution is 5.66. The summed E-state index contributed by atoms with van der Waals surface area (Å²) in [5, 5.41) is 8.43. The number of carbonyl (C=O) groups is 1. The zero-order valence-corrected chi connectivity index (χ0v) is 9.83. The summed E-state index contributed by atoms with van der Waals surface area (Å²) >= 11 is 0. The molecule has 0 aliphatic carbocycles. The third-order valence-corrected chi connectivity index (χ3v) is 2.41. The maximum atomic E-state index is 10.2. The van der Waals surface area contributed by atoms with Crippen molar-refractivity contribution >= 4 is 5.97 Å². The molecule has 1 N–H and O–H groups in total. The van der Waals surface area contributed by atoms with Crippen molar-refractivity contribution in [3.63, 3.8) is 0 Å². The van der Waals surface area contributed by atoms with E-state index in [0.29, 0.717) is 12.3 Å². The van der Waals surface area contributed by atoms with Gasteiger partial charge in [-0.05, 0) is 37.3 Å². The summed E-state index contributed by atoms with van der Waals surface area (Å²) in [6, 6.07) is 0. The number of rotatable bonds is 8. The molecule has 15 heavy (non-hydrogen) atoms. The Morgan fingerprint density at radius 1 is 1.47 bits per heavy atom. The van der Waals surface area contributed by atoms with Crippen LogP contribution in [0, 0.1) is 5.92 Å². The topological polar surface area (TPSA) is 37.3 Å². The van der Waals surface area contributed by atoms with Crippen molar-refractivity contribution in [1.82, 2.24) is 0 Å². The Kier molecular flexibility index (Phi) is 8.90. The standard InChI is InChI=1S/C13H22O2/c1-3-5-9-12(4-2)10-7-6-8-11-13(14)15/h6,10,12H,3-5,8-9,11H2,1-2H3,(H,14,15). The highest BCUT2D eigenvalue weighted by atomic mass is 16.4. The van der Waals surface area contributed by atoms with E-state index in [4.69, 9.17) is 5.11 Å². The van der Waals surface area contributed by atoms with Crippen molar-refractivity contribution < 1.29 is 9.90 Å². The lowest BCUT2D eigenvalue weighted by molar-refractivity contribution is -0.136. The molecule has 0 rings (SSSR count). The van der Waals surface area contributed by atoms with E-state index in [9.17, 15) is 4.79 Å². The molecule has 0 spiro atoms. The minimum Gasteiger partial charge on any atom is -0.481 e. The van der Waals surface area contributed by atoms with Crippen LogP contribution in [-0.2, 0) is 4.79 Å². The predicted octanol–water partition coefficient (Wildman–Crippen LogP) is 3.78. The summed E-state index contributed by atoms with van der Waals surface area (Å²) in [5.41, 5.74) is 3.09.